The minimum Gasteiger partial charge on any atom is -0.508 e. The average Bonchev–Trinajstić information content (AvgIpc) is 3.48. The molecule has 2 heterocycles. The van der Waals surface area contributed by atoms with E-state index in [9.17, 15) is 10.2 Å². The number of hydrogen-bond donors (Lipinski definition) is 4. The largest absolute Gasteiger partial charge is 0.508 e. The van der Waals surface area contributed by atoms with Crippen LogP contribution in [0, 0.1) is 5.92 Å². The monoisotopic (exact) mass is 542 g/mol. The molecule has 40 heavy (non-hydrogen) atoms. The van der Waals surface area contributed by atoms with Gasteiger partial charge >= 0.3 is 0 Å². The quantitative estimate of drug-likeness (QED) is 0.185. The van der Waals surface area contributed by atoms with Gasteiger partial charge in [-0.25, -0.2) is 4.98 Å². The van der Waals surface area contributed by atoms with Crippen LogP contribution >= 0.6 is 0 Å². The lowest BCUT2D eigenvalue weighted by Gasteiger charge is -2.13. The Morgan fingerprint density at radius 3 is 2.33 bits per heavy atom. The molecule has 10 heteroatoms. The average molecular weight is 543 g/mol. The Kier molecular flexibility index (Phi) is 8.16. The summed E-state index contributed by atoms with van der Waals surface area (Å²) in [5.74, 6) is 2.96. The zero-order chi connectivity index (χ0) is 28.1. The number of phenolic OH excluding ortho intramolecular Hbond substituents is 1. The maximum atomic E-state index is 9.26. The van der Waals surface area contributed by atoms with Gasteiger partial charge in [0.25, 0.3) is 0 Å². The van der Waals surface area contributed by atoms with Crippen molar-refractivity contribution in [2.45, 2.75) is 31.3 Å². The number of phenols is 1. The fourth-order valence-electron chi connectivity index (χ4n) is 4.50. The minimum absolute atomic E-state index is 0.162. The third-order valence-electron chi connectivity index (χ3n) is 6.83. The number of nitrogens with two attached hydrogens (primary N) is 1. The first-order chi connectivity index (χ1) is 19.4. The van der Waals surface area contributed by atoms with Crippen molar-refractivity contribution in [1.29, 1.82) is 0 Å². The molecule has 6 rings (SSSR count). The number of ether oxygens (including phenoxy) is 2. The summed E-state index contributed by atoms with van der Waals surface area (Å²) in [6, 6.07) is 13.4. The summed E-state index contributed by atoms with van der Waals surface area (Å²) in [4.78, 5) is 13.1. The topological polar surface area (TPSA) is 141 Å². The van der Waals surface area contributed by atoms with E-state index >= 15 is 0 Å². The van der Waals surface area contributed by atoms with Crippen LogP contribution in [0.3, 0.4) is 0 Å². The summed E-state index contributed by atoms with van der Waals surface area (Å²) in [5.41, 5.74) is 9.35. The molecule has 2 aromatic carbocycles. The molecule has 1 fully saturated rings. The first-order valence-corrected chi connectivity index (χ1v) is 13.2. The van der Waals surface area contributed by atoms with Gasteiger partial charge in [0.1, 0.15) is 17.2 Å². The lowest BCUT2D eigenvalue weighted by Crippen LogP contribution is -2.10. The van der Waals surface area contributed by atoms with Gasteiger partial charge in [-0.15, -0.1) is 0 Å². The number of nitrogens with one attached hydrogen (secondary N) is 1. The van der Waals surface area contributed by atoms with Crippen molar-refractivity contribution < 1.29 is 19.7 Å². The van der Waals surface area contributed by atoms with Crippen LogP contribution in [-0.2, 0) is 0 Å². The molecular formula is C30H34N6O4. The third-order valence-corrected chi connectivity index (χ3v) is 6.83. The van der Waals surface area contributed by atoms with E-state index in [2.05, 4.69) is 26.3 Å². The predicted molar refractivity (Wildman–Crippen MR) is 156 cm³/mol. The Morgan fingerprint density at radius 1 is 1.00 bits per heavy atom. The van der Waals surface area contributed by atoms with Gasteiger partial charge in [-0.2, -0.15) is 9.97 Å². The number of hydrogen-bond acceptors (Lipinski definition) is 9. The van der Waals surface area contributed by atoms with Crippen LogP contribution in [0.4, 0.5) is 11.8 Å². The van der Waals surface area contributed by atoms with Crippen LogP contribution in [0.15, 0.2) is 60.9 Å². The SMILES string of the molecule is COc1cc(/C=C/c2ccc(O)cc2)cc(OC)c1.Nc1nc(NC2CC2)c2ncn([C@H]3C=C[C@@H](CO)C3)c2n1. The van der Waals surface area contributed by atoms with Crippen molar-refractivity contribution in [1.82, 2.24) is 19.5 Å². The number of nitrogens with zero attached hydrogens (tertiary/aromatic N) is 4. The first-order valence-electron chi connectivity index (χ1n) is 13.2. The van der Waals surface area contributed by atoms with Gasteiger partial charge in [0, 0.05) is 24.6 Å². The zero-order valence-corrected chi connectivity index (χ0v) is 22.6. The van der Waals surface area contributed by atoms with Gasteiger partial charge in [-0.3, -0.25) is 0 Å². The van der Waals surface area contributed by atoms with E-state index in [1.54, 1.807) is 32.7 Å². The van der Waals surface area contributed by atoms with E-state index in [0.29, 0.717) is 6.04 Å². The fourth-order valence-corrected chi connectivity index (χ4v) is 4.50. The van der Waals surface area contributed by atoms with Gasteiger partial charge in [0.15, 0.2) is 17.0 Å². The molecule has 2 aliphatic rings. The van der Waals surface area contributed by atoms with Crippen LogP contribution in [-0.4, -0.2) is 56.6 Å². The second-order valence-corrected chi connectivity index (χ2v) is 9.87. The van der Waals surface area contributed by atoms with Gasteiger partial charge in [0.2, 0.25) is 5.95 Å². The van der Waals surface area contributed by atoms with E-state index in [-0.39, 0.29) is 30.3 Å². The van der Waals surface area contributed by atoms with Crippen molar-refractivity contribution in [3.63, 3.8) is 0 Å². The van der Waals surface area contributed by atoms with Crippen LogP contribution < -0.4 is 20.5 Å². The number of rotatable bonds is 8. The Hall–Kier alpha value is -4.57. The summed E-state index contributed by atoms with van der Waals surface area (Å²) in [5, 5.41) is 21.8. The highest BCUT2D eigenvalue weighted by Crippen LogP contribution is 2.33. The summed E-state index contributed by atoms with van der Waals surface area (Å²) < 4.78 is 12.4. The molecule has 2 aromatic heterocycles. The second-order valence-electron chi connectivity index (χ2n) is 9.87. The molecule has 0 spiro atoms. The first kappa shape index (κ1) is 27.0. The molecule has 0 aliphatic heterocycles. The van der Waals surface area contributed by atoms with Gasteiger partial charge in [-0.1, -0.05) is 36.4 Å². The Morgan fingerprint density at radius 2 is 1.70 bits per heavy atom. The highest BCUT2D eigenvalue weighted by Gasteiger charge is 2.26. The van der Waals surface area contributed by atoms with Crippen LogP contribution in [0.2, 0.25) is 0 Å². The molecule has 208 valence electrons. The highest BCUT2D eigenvalue weighted by atomic mass is 16.5. The Labute approximate surface area is 232 Å². The zero-order valence-electron chi connectivity index (χ0n) is 22.6. The van der Waals surface area contributed by atoms with Crippen LogP contribution in [0.25, 0.3) is 23.3 Å². The van der Waals surface area contributed by atoms with Crippen molar-refractivity contribution in [2.24, 2.45) is 5.92 Å². The number of aliphatic hydroxyl groups excluding tert-OH is 1. The van der Waals surface area contributed by atoms with Gasteiger partial charge in [0.05, 0.1) is 26.6 Å². The van der Waals surface area contributed by atoms with E-state index in [4.69, 9.17) is 15.2 Å². The number of anilines is 2. The number of benzene rings is 2. The van der Waals surface area contributed by atoms with Crippen molar-refractivity contribution in [3.05, 3.63) is 72.1 Å². The molecule has 0 radical (unpaired) electrons. The molecular weight excluding hydrogens is 508 g/mol. The molecule has 0 saturated heterocycles. The normalized spacial score (nSPS) is 18.1. The second kappa shape index (κ2) is 12.1. The Bertz CT molecular complexity index is 1490. The highest BCUT2D eigenvalue weighted by molar-refractivity contribution is 5.84. The summed E-state index contributed by atoms with van der Waals surface area (Å²) in [6.45, 7) is 0.172. The maximum absolute atomic E-state index is 9.26. The van der Waals surface area contributed by atoms with E-state index in [1.807, 2.05) is 53.1 Å². The number of aliphatic hydroxyl groups is 1. The number of methoxy groups -OCH3 is 2. The number of imidazole rings is 1. The van der Waals surface area contributed by atoms with E-state index in [1.165, 1.54) is 0 Å². The van der Waals surface area contributed by atoms with Gasteiger partial charge < -0.3 is 35.3 Å². The summed E-state index contributed by atoms with van der Waals surface area (Å²) in [6.07, 6.45) is 13.0. The maximum Gasteiger partial charge on any atom is 0.224 e. The van der Waals surface area contributed by atoms with E-state index < -0.39 is 0 Å². The molecule has 4 aromatic rings. The minimum atomic E-state index is 0.162. The number of fused-ring (bicyclic) bond motifs is 1. The van der Waals surface area contributed by atoms with Crippen molar-refractivity contribution in [3.8, 4) is 17.2 Å². The molecule has 2 atom stereocenters. The number of allylic oxidation sites excluding steroid dienone is 1. The standard InChI is InChI=1S/C16H16O3.C14H18N6O/c1-18-15-9-13(10-16(11-15)19-2)4-3-12-5-7-14(17)8-6-12;15-14-18-12(17-9-2-3-9)11-13(19-14)20(7-16-11)10-4-1-8(5-10)6-21/h3-11,17H,1-2H3;1,4,7-10,21H,2-3,5-6H2,(H3,15,17,18,19)/b4-3+;/t;8-,10+/m.1/s1. The molecule has 10 nitrogen and oxygen atoms in total. The number of nitrogen functional groups attached to an aromatic ring is 1. The Balaban J connectivity index is 0.000000162. The smallest absolute Gasteiger partial charge is 0.224 e. The predicted octanol–water partition coefficient (Wildman–Crippen LogP) is 4.67. The molecule has 1 saturated carbocycles. The molecule has 0 bridgehead atoms. The molecule has 0 unspecified atom stereocenters. The lowest BCUT2D eigenvalue weighted by atomic mass is 10.1. The van der Waals surface area contributed by atoms with Crippen LogP contribution in [0.1, 0.15) is 36.4 Å². The lowest BCUT2D eigenvalue weighted by molar-refractivity contribution is 0.244. The summed E-state index contributed by atoms with van der Waals surface area (Å²) in [7, 11) is 3.25. The molecule has 5 N–H and O–H groups in total. The molecule has 2 aliphatic carbocycles. The van der Waals surface area contributed by atoms with Crippen LogP contribution in [0.5, 0.6) is 17.2 Å². The van der Waals surface area contributed by atoms with Crippen molar-refractivity contribution in [2.75, 3.05) is 31.9 Å². The fraction of sp³-hybridized carbons (Fsp3) is 0.300. The van der Waals surface area contributed by atoms with Crippen molar-refractivity contribution >= 4 is 35.1 Å². The van der Waals surface area contributed by atoms with Gasteiger partial charge in [-0.05, 0) is 54.7 Å². The summed E-state index contributed by atoms with van der Waals surface area (Å²) >= 11 is 0. The molecule has 0 amide bonds. The third kappa shape index (κ3) is 6.52. The van der Waals surface area contributed by atoms with E-state index in [0.717, 1.165) is 58.9 Å². The number of aromatic hydroxyl groups is 1. The number of aromatic nitrogens is 4.